The first-order valence-corrected chi connectivity index (χ1v) is 3.86. The quantitative estimate of drug-likeness (QED) is 0.626. The molecule has 1 aliphatic rings. The number of cyclic esters (lactones) is 1. The maximum atomic E-state index is 10.7. The summed E-state index contributed by atoms with van der Waals surface area (Å²) >= 11 is 0. The second-order valence-corrected chi connectivity index (χ2v) is 2.63. The first kappa shape index (κ1) is 8.11. The molecule has 0 aliphatic carbocycles. The van der Waals surface area contributed by atoms with E-state index in [-0.39, 0.29) is 18.2 Å². The van der Waals surface area contributed by atoms with Gasteiger partial charge in [0, 0.05) is 0 Å². The largest absolute Gasteiger partial charge is 0.444 e. The monoisotopic (exact) mass is 155 g/mol. The lowest BCUT2D eigenvalue weighted by molar-refractivity contribution is 0.129. The van der Waals surface area contributed by atoms with Crippen LogP contribution in [0.15, 0.2) is 12.7 Å². The summed E-state index contributed by atoms with van der Waals surface area (Å²) in [5.41, 5.74) is 0. The highest BCUT2D eigenvalue weighted by Crippen LogP contribution is 2.14. The standard InChI is InChI=1S/C8H13NO2/c1-3-5-6-7(4-2)11-8(10)9-6/h3,6-7H,1,4-5H2,2H3,(H,9,10)/t6-,7-/m0/s1. The van der Waals surface area contributed by atoms with Crippen molar-refractivity contribution in [2.24, 2.45) is 0 Å². The number of carbonyl (C=O) groups excluding carboxylic acids is 1. The van der Waals surface area contributed by atoms with Gasteiger partial charge in [-0.05, 0) is 12.8 Å². The molecular weight excluding hydrogens is 142 g/mol. The zero-order chi connectivity index (χ0) is 8.27. The van der Waals surface area contributed by atoms with Gasteiger partial charge in [0.05, 0.1) is 6.04 Å². The van der Waals surface area contributed by atoms with Gasteiger partial charge in [-0.2, -0.15) is 0 Å². The molecule has 0 aromatic rings. The zero-order valence-electron chi connectivity index (χ0n) is 6.67. The lowest BCUT2D eigenvalue weighted by Gasteiger charge is -2.11. The summed E-state index contributed by atoms with van der Waals surface area (Å²) in [4.78, 5) is 10.7. The van der Waals surface area contributed by atoms with E-state index in [1.54, 1.807) is 6.08 Å². The second-order valence-electron chi connectivity index (χ2n) is 2.63. The Bertz CT molecular complexity index is 167. The summed E-state index contributed by atoms with van der Waals surface area (Å²) in [6, 6.07) is 0.130. The van der Waals surface area contributed by atoms with Crippen LogP contribution in [-0.2, 0) is 4.74 Å². The van der Waals surface area contributed by atoms with Crippen LogP contribution in [0.25, 0.3) is 0 Å². The van der Waals surface area contributed by atoms with Crippen molar-refractivity contribution >= 4 is 6.09 Å². The summed E-state index contributed by atoms with van der Waals surface area (Å²) in [5, 5.41) is 2.72. The van der Waals surface area contributed by atoms with Crippen LogP contribution in [0, 0.1) is 0 Å². The highest BCUT2D eigenvalue weighted by Gasteiger charge is 2.31. The lowest BCUT2D eigenvalue weighted by atomic mass is 10.1. The molecule has 1 aliphatic heterocycles. The number of hydrogen-bond donors (Lipinski definition) is 1. The van der Waals surface area contributed by atoms with Gasteiger partial charge in [-0.3, -0.25) is 0 Å². The highest BCUT2D eigenvalue weighted by atomic mass is 16.6. The van der Waals surface area contributed by atoms with Gasteiger partial charge in [0.2, 0.25) is 0 Å². The van der Waals surface area contributed by atoms with E-state index in [1.165, 1.54) is 0 Å². The smallest absolute Gasteiger partial charge is 0.407 e. The van der Waals surface area contributed by atoms with Crippen LogP contribution in [0.4, 0.5) is 4.79 Å². The van der Waals surface area contributed by atoms with Crippen LogP contribution in [0.3, 0.4) is 0 Å². The van der Waals surface area contributed by atoms with Crippen LogP contribution in [0.2, 0.25) is 0 Å². The zero-order valence-corrected chi connectivity index (χ0v) is 6.67. The van der Waals surface area contributed by atoms with Gasteiger partial charge in [0.15, 0.2) is 0 Å². The molecule has 1 heterocycles. The van der Waals surface area contributed by atoms with Crippen LogP contribution in [-0.4, -0.2) is 18.2 Å². The average Bonchev–Trinajstić information content (AvgIpc) is 2.32. The van der Waals surface area contributed by atoms with Gasteiger partial charge < -0.3 is 10.1 Å². The fraction of sp³-hybridized carbons (Fsp3) is 0.625. The van der Waals surface area contributed by atoms with Gasteiger partial charge in [-0.25, -0.2) is 4.79 Å². The molecule has 1 N–H and O–H groups in total. The topological polar surface area (TPSA) is 38.3 Å². The fourth-order valence-electron chi connectivity index (χ4n) is 1.26. The fourth-order valence-corrected chi connectivity index (χ4v) is 1.26. The normalized spacial score (nSPS) is 29.4. The lowest BCUT2D eigenvalue weighted by Crippen LogP contribution is -2.30. The molecule has 0 aromatic heterocycles. The molecule has 11 heavy (non-hydrogen) atoms. The minimum Gasteiger partial charge on any atom is -0.444 e. The Morgan fingerprint density at radius 3 is 3.09 bits per heavy atom. The molecule has 0 radical (unpaired) electrons. The Balaban J connectivity index is 2.49. The molecule has 0 aromatic carbocycles. The summed E-state index contributed by atoms with van der Waals surface area (Å²) in [6.07, 6.45) is 3.16. The number of carbonyl (C=O) groups is 1. The molecule has 1 amide bonds. The van der Waals surface area contributed by atoms with Gasteiger partial charge >= 0.3 is 6.09 Å². The second kappa shape index (κ2) is 3.42. The summed E-state index contributed by atoms with van der Waals surface area (Å²) in [5.74, 6) is 0. The van der Waals surface area contributed by atoms with Crippen molar-refractivity contribution in [2.45, 2.75) is 31.9 Å². The van der Waals surface area contributed by atoms with Crippen molar-refractivity contribution in [1.29, 1.82) is 0 Å². The van der Waals surface area contributed by atoms with Crippen molar-refractivity contribution in [3.63, 3.8) is 0 Å². The molecule has 1 saturated heterocycles. The maximum Gasteiger partial charge on any atom is 0.407 e. The molecule has 3 heteroatoms. The van der Waals surface area contributed by atoms with E-state index in [0.29, 0.717) is 0 Å². The first-order chi connectivity index (χ1) is 5.27. The number of ether oxygens (including phenoxy) is 1. The Hall–Kier alpha value is -0.990. The highest BCUT2D eigenvalue weighted by molar-refractivity contribution is 5.70. The minimum atomic E-state index is -0.302. The molecule has 0 unspecified atom stereocenters. The average molecular weight is 155 g/mol. The molecule has 0 spiro atoms. The molecular formula is C8H13NO2. The third kappa shape index (κ3) is 1.73. The van der Waals surface area contributed by atoms with E-state index in [1.807, 2.05) is 6.92 Å². The van der Waals surface area contributed by atoms with E-state index < -0.39 is 0 Å². The Kier molecular flexibility index (Phi) is 2.52. The van der Waals surface area contributed by atoms with E-state index >= 15 is 0 Å². The van der Waals surface area contributed by atoms with Crippen LogP contribution in [0.1, 0.15) is 19.8 Å². The van der Waals surface area contributed by atoms with E-state index in [0.717, 1.165) is 12.8 Å². The molecule has 3 nitrogen and oxygen atoms in total. The summed E-state index contributed by atoms with van der Waals surface area (Å²) < 4.78 is 4.98. The number of hydrogen-bond acceptors (Lipinski definition) is 2. The molecule has 0 saturated carbocycles. The Morgan fingerprint density at radius 1 is 1.82 bits per heavy atom. The van der Waals surface area contributed by atoms with Crippen molar-refractivity contribution < 1.29 is 9.53 Å². The number of rotatable bonds is 3. The first-order valence-electron chi connectivity index (χ1n) is 3.86. The predicted molar refractivity (Wildman–Crippen MR) is 42.3 cm³/mol. The Labute approximate surface area is 66.4 Å². The van der Waals surface area contributed by atoms with Crippen molar-refractivity contribution in [2.75, 3.05) is 0 Å². The van der Waals surface area contributed by atoms with Crippen molar-refractivity contribution in [3.8, 4) is 0 Å². The summed E-state index contributed by atoms with van der Waals surface area (Å²) in [7, 11) is 0. The molecule has 0 bridgehead atoms. The Morgan fingerprint density at radius 2 is 2.55 bits per heavy atom. The number of alkyl carbamates (subject to hydrolysis) is 1. The van der Waals surface area contributed by atoms with Crippen LogP contribution in [0.5, 0.6) is 0 Å². The molecule has 2 atom stereocenters. The van der Waals surface area contributed by atoms with Gasteiger partial charge in [-0.1, -0.05) is 13.0 Å². The number of amides is 1. The van der Waals surface area contributed by atoms with E-state index in [4.69, 9.17) is 4.74 Å². The molecule has 62 valence electrons. The molecule has 1 fully saturated rings. The third-order valence-electron chi connectivity index (χ3n) is 1.83. The number of nitrogens with one attached hydrogen (secondary N) is 1. The predicted octanol–water partition coefficient (Wildman–Crippen LogP) is 1.45. The van der Waals surface area contributed by atoms with Gasteiger partial charge in [-0.15, -0.1) is 6.58 Å². The van der Waals surface area contributed by atoms with E-state index in [9.17, 15) is 4.79 Å². The van der Waals surface area contributed by atoms with Gasteiger partial charge in [0.25, 0.3) is 0 Å². The van der Waals surface area contributed by atoms with Crippen molar-refractivity contribution in [1.82, 2.24) is 5.32 Å². The molecule has 1 rings (SSSR count). The van der Waals surface area contributed by atoms with Crippen molar-refractivity contribution in [3.05, 3.63) is 12.7 Å². The summed E-state index contributed by atoms with van der Waals surface area (Å²) in [6.45, 7) is 5.61. The maximum absolute atomic E-state index is 10.7. The SMILES string of the molecule is C=CC[C@@H]1NC(=O)O[C@H]1CC. The minimum absolute atomic E-state index is 0.0282. The van der Waals surface area contributed by atoms with E-state index in [2.05, 4.69) is 11.9 Å². The van der Waals surface area contributed by atoms with Crippen LogP contribution < -0.4 is 5.32 Å². The van der Waals surface area contributed by atoms with Crippen LogP contribution >= 0.6 is 0 Å². The third-order valence-corrected chi connectivity index (χ3v) is 1.83. The van der Waals surface area contributed by atoms with Gasteiger partial charge in [0.1, 0.15) is 6.10 Å².